The summed E-state index contributed by atoms with van der Waals surface area (Å²) in [6.07, 6.45) is 0. The van der Waals surface area contributed by atoms with Crippen LogP contribution in [0.3, 0.4) is 0 Å². The van der Waals surface area contributed by atoms with Crippen molar-refractivity contribution in [3.63, 3.8) is 0 Å². The van der Waals surface area contributed by atoms with E-state index in [1.165, 1.54) is 13.0 Å². The number of nitrogens with zero attached hydrogens (tertiary/aromatic N) is 2. The average molecular weight is 255 g/mol. The Kier molecular flexibility index (Phi) is 3.36. The highest BCUT2D eigenvalue weighted by molar-refractivity contribution is 5.74. The minimum absolute atomic E-state index is 0.00745. The van der Waals surface area contributed by atoms with Gasteiger partial charge in [0.25, 0.3) is 0 Å². The Balaban J connectivity index is 2.17. The predicted octanol–water partition coefficient (Wildman–Crippen LogP) is 1.22. The molecule has 0 unspecified atom stereocenters. The molecule has 2 rings (SSSR count). The van der Waals surface area contributed by atoms with E-state index in [1.807, 2.05) is 0 Å². The highest BCUT2D eigenvalue weighted by Gasteiger charge is 2.21. The smallest absolute Gasteiger partial charge is 0.219 e. The molecule has 98 valence electrons. The summed E-state index contributed by atoms with van der Waals surface area (Å²) < 4.78 is 26.5. The number of amides is 1. The molecule has 1 aliphatic rings. The molecule has 0 aliphatic carbocycles. The lowest BCUT2D eigenvalue weighted by atomic mass is 10.2. The molecule has 0 radical (unpaired) electrons. The normalized spacial score (nSPS) is 15.9. The van der Waals surface area contributed by atoms with Gasteiger partial charge in [-0.15, -0.1) is 0 Å². The number of anilines is 2. The monoisotopic (exact) mass is 255 g/mol. The standard InChI is InChI=1S/C12H15F2N3O/c1-8(18)16-2-4-17(5-3-16)11-7-9(13)6-10(14)12(11)15/h6-7H,2-5,15H2,1H3. The maximum Gasteiger partial charge on any atom is 0.219 e. The van der Waals surface area contributed by atoms with Gasteiger partial charge in [-0.05, 0) is 6.07 Å². The zero-order valence-corrected chi connectivity index (χ0v) is 10.1. The number of nitrogen functional groups attached to an aromatic ring is 1. The molecule has 1 aromatic carbocycles. The molecule has 1 aromatic rings. The first kappa shape index (κ1) is 12.6. The molecule has 1 amide bonds. The van der Waals surface area contributed by atoms with Gasteiger partial charge in [-0.2, -0.15) is 0 Å². The molecule has 0 saturated carbocycles. The summed E-state index contributed by atoms with van der Waals surface area (Å²) in [5.74, 6) is -1.39. The summed E-state index contributed by atoms with van der Waals surface area (Å²) in [6.45, 7) is 3.62. The summed E-state index contributed by atoms with van der Waals surface area (Å²) in [7, 11) is 0. The Labute approximate surface area is 104 Å². The quantitative estimate of drug-likeness (QED) is 0.767. The van der Waals surface area contributed by atoms with Crippen LogP contribution in [0.5, 0.6) is 0 Å². The average Bonchev–Trinajstić information content (AvgIpc) is 2.34. The number of hydrogen-bond acceptors (Lipinski definition) is 3. The fraction of sp³-hybridized carbons (Fsp3) is 0.417. The first-order valence-electron chi connectivity index (χ1n) is 5.74. The van der Waals surface area contributed by atoms with Crippen molar-refractivity contribution in [3.8, 4) is 0 Å². The van der Waals surface area contributed by atoms with Crippen molar-refractivity contribution < 1.29 is 13.6 Å². The van der Waals surface area contributed by atoms with Gasteiger partial charge in [-0.1, -0.05) is 0 Å². The van der Waals surface area contributed by atoms with Gasteiger partial charge in [0.1, 0.15) is 5.82 Å². The zero-order valence-electron chi connectivity index (χ0n) is 10.1. The first-order valence-corrected chi connectivity index (χ1v) is 5.74. The van der Waals surface area contributed by atoms with Crippen LogP contribution in [0.4, 0.5) is 20.2 Å². The molecule has 1 saturated heterocycles. The van der Waals surface area contributed by atoms with E-state index in [2.05, 4.69) is 0 Å². The van der Waals surface area contributed by atoms with Gasteiger partial charge in [0, 0.05) is 39.2 Å². The molecule has 6 heteroatoms. The topological polar surface area (TPSA) is 49.6 Å². The largest absolute Gasteiger partial charge is 0.395 e. The third kappa shape index (κ3) is 2.37. The Morgan fingerprint density at radius 1 is 1.22 bits per heavy atom. The van der Waals surface area contributed by atoms with Crippen molar-refractivity contribution in [2.24, 2.45) is 0 Å². The lowest BCUT2D eigenvalue weighted by molar-refractivity contribution is -0.129. The van der Waals surface area contributed by atoms with Gasteiger partial charge in [0.15, 0.2) is 5.82 Å². The summed E-state index contributed by atoms with van der Waals surface area (Å²) in [4.78, 5) is 14.7. The highest BCUT2D eigenvalue weighted by Crippen LogP contribution is 2.28. The summed E-state index contributed by atoms with van der Waals surface area (Å²) in [5, 5.41) is 0. The SMILES string of the molecule is CC(=O)N1CCN(c2cc(F)cc(F)c2N)CC1. The van der Waals surface area contributed by atoms with Crippen molar-refractivity contribution in [1.82, 2.24) is 4.90 Å². The van der Waals surface area contributed by atoms with Gasteiger partial charge >= 0.3 is 0 Å². The molecule has 1 fully saturated rings. The van der Waals surface area contributed by atoms with Crippen LogP contribution in [0, 0.1) is 11.6 Å². The molecule has 0 atom stereocenters. The summed E-state index contributed by atoms with van der Waals surface area (Å²) in [6, 6.07) is 1.99. The second-order valence-corrected chi connectivity index (χ2v) is 4.31. The van der Waals surface area contributed by atoms with Crippen LogP contribution < -0.4 is 10.6 Å². The van der Waals surface area contributed by atoms with Crippen LogP contribution >= 0.6 is 0 Å². The van der Waals surface area contributed by atoms with Gasteiger partial charge in [0.05, 0.1) is 11.4 Å². The molecule has 2 N–H and O–H groups in total. The molecule has 0 spiro atoms. The molecular weight excluding hydrogens is 240 g/mol. The molecule has 18 heavy (non-hydrogen) atoms. The molecule has 1 aliphatic heterocycles. The van der Waals surface area contributed by atoms with E-state index in [4.69, 9.17) is 5.73 Å². The first-order chi connectivity index (χ1) is 8.49. The fourth-order valence-electron chi connectivity index (χ4n) is 2.10. The van der Waals surface area contributed by atoms with E-state index in [0.29, 0.717) is 31.9 Å². The lowest BCUT2D eigenvalue weighted by Gasteiger charge is -2.36. The number of hydrogen-bond donors (Lipinski definition) is 1. The minimum Gasteiger partial charge on any atom is -0.395 e. The Hall–Kier alpha value is -1.85. The van der Waals surface area contributed by atoms with Crippen molar-refractivity contribution in [3.05, 3.63) is 23.8 Å². The molecule has 0 bridgehead atoms. The lowest BCUT2D eigenvalue weighted by Crippen LogP contribution is -2.48. The van der Waals surface area contributed by atoms with E-state index in [-0.39, 0.29) is 11.6 Å². The van der Waals surface area contributed by atoms with E-state index in [0.717, 1.165) is 6.07 Å². The minimum atomic E-state index is -0.751. The van der Waals surface area contributed by atoms with Crippen molar-refractivity contribution >= 4 is 17.3 Å². The van der Waals surface area contributed by atoms with Gasteiger partial charge < -0.3 is 15.5 Å². The second kappa shape index (κ2) is 4.80. The Morgan fingerprint density at radius 2 is 1.83 bits per heavy atom. The van der Waals surface area contributed by atoms with E-state index < -0.39 is 11.6 Å². The highest BCUT2D eigenvalue weighted by atomic mass is 19.1. The van der Waals surface area contributed by atoms with Crippen molar-refractivity contribution in [1.29, 1.82) is 0 Å². The van der Waals surface area contributed by atoms with E-state index >= 15 is 0 Å². The number of rotatable bonds is 1. The third-order valence-electron chi connectivity index (χ3n) is 3.14. The Bertz CT molecular complexity index is 471. The molecule has 1 heterocycles. The predicted molar refractivity (Wildman–Crippen MR) is 65.2 cm³/mol. The molecule has 4 nitrogen and oxygen atoms in total. The van der Waals surface area contributed by atoms with Crippen molar-refractivity contribution in [2.75, 3.05) is 36.8 Å². The van der Waals surface area contributed by atoms with Crippen molar-refractivity contribution in [2.45, 2.75) is 6.92 Å². The number of halogens is 2. The van der Waals surface area contributed by atoms with Crippen LogP contribution in [-0.4, -0.2) is 37.0 Å². The fourth-order valence-corrected chi connectivity index (χ4v) is 2.10. The number of piperazine rings is 1. The maximum atomic E-state index is 13.3. The van der Waals surface area contributed by atoms with Crippen LogP contribution in [0.25, 0.3) is 0 Å². The summed E-state index contributed by atoms with van der Waals surface area (Å²) in [5.41, 5.74) is 5.92. The Morgan fingerprint density at radius 3 is 2.39 bits per heavy atom. The molecule has 0 aromatic heterocycles. The van der Waals surface area contributed by atoms with Crippen LogP contribution in [0.15, 0.2) is 12.1 Å². The van der Waals surface area contributed by atoms with Crippen LogP contribution in [0.2, 0.25) is 0 Å². The number of benzene rings is 1. The number of carbonyl (C=O) groups excluding carboxylic acids is 1. The van der Waals surface area contributed by atoms with Crippen LogP contribution in [0.1, 0.15) is 6.92 Å². The van der Waals surface area contributed by atoms with E-state index in [9.17, 15) is 13.6 Å². The summed E-state index contributed by atoms with van der Waals surface area (Å²) >= 11 is 0. The van der Waals surface area contributed by atoms with Gasteiger partial charge in [0.2, 0.25) is 5.91 Å². The van der Waals surface area contributed by atoms with Gasteiger partial charge in [-0.25, -0.2) is 8.78 Å². The maximum absolute atomic E-state index is 13.3. The molecular formula is C12H15F2N3O. The van der Waals surface area contributed by atoms with E-state index in [1.54, 1.807) is 9.80 Å². The third-order valence-corrected chi connectivity index (χ3v) is 3.14. The zero-order chi connectivity index (χ0) is 13.3. The number of carbonyl (C=O) groups is 1. The van der Waals surface area contributed by atoms with Gasteiger partial charge in [-0.3, -0.25) is 4.79 Å². The van der Waals surface area contributed by atoms with Crippen LogP contribution in [-0.2, 0) is 4.79 Å². The number of nitrogens with two attached hydrogens (primary N) is 1. The second-order valence-electron chi connectivity index (χ2n) is 4.31.